The molecule has 0 aromatic rings. The van der Waals surface area contributed by atoms with E-state index in [4.69, 9.17) is 120 Å². The maximum Gasteiger partial charge on any atom is 0.113 e. The summed E-state index contributed by atoms with van der Waals surface area (Å²) in [5.74, 6) is 0. The Labute approximate surface area is 1040 Å². The molecule has 32 nitrogen and oxygen atoms in total. The average Bonchev–Trinajstić information content (AvgIpc) is 1.02. The minimum Gasteiger partial charge on any atom is -0.412 e. The number of nitrogens with one attached hydrogen (secondary N) is 2. The Kier molecular flexibility index (Phi) is 2880. The summed E-state index contributed by atoms with van der Waals surface area (Å²) in [6.45, 7) is 41.2. The van der Waals surface area contributed by atoms with E-state index in [1.165, 1.54) is 25.7 Å². The summed E-state index contributed by atoms with van der Waals surface area (Å²) in [4.78, 5) is 48.1. The molecule has 0 saturated carbocycles. The second-order valence-electron chi connectivity index (χ2n) is 16.1. The van der Waals surface area contributed by atoms with Crippen LogP contribution in [0.15, 0.2) is 0 Å². The van der Waals surface area contributed by atoms with Crippen molar-refractivity contribution in [2.75, 3.05) is 244 Å². The van der Waals surface area contributed by atoms with E-state index in [1.807, 2.05) is 38.8 Å². The zero-order valence-electron chi connectivity index (χ0n) is 61.0. The Morgan fingerprint density at radius 3 is 0.473 bits per heavy atom. The van der Waals surface area contributed by atoms with E-state index in [1.54, 1.807) is 4.90 Å². The second kappa shape index (κ2) is 755. The van der Waals surface area contributed by atoms with E-state index in [9.17, 15) is 8.78 Å². The minimum absolute atomic E-state index is 0. The summed E-state index contributed by atoms with van der Waals surface area (Å²) in [7, 11) is 0. The van der Waals surface area contributed by atoms with Gasteiger partial charge in [0.1, 0.15) is 74.2 Å². The number of hydrogen-bond donors (Lipinski definition) is 16. The summed E-state index contributed by atoms with van der Waals surface area (Å²) in [5.41, 5.74) is 9.56. The first-order chi connectivity index (χ1) is 43.9. The van der Waals surface area contributed by atoms with Gasteiger partial charge in [-0.2, -0.15) is 0 Å². The molecule has 22 N–H and O–H groups in total. The smallest absolute Gasteiger partial charge is 0.113 e. The largest absolute Gasteiger partial charge is 0.412 e. The van der Waals surface area contributed by atoms with Gasteiger partial charge in [-0.1, -0.05) is 427 Å². The summed E-state index contributed by atoms with van der Waals surface area (Å²) >= 11 is 0. The molecule has 148 heavy (non-hydrogen) atoms. The molecule has 0 heterocycles. The van der Waals surface area contributed by atoms with Crippen molar-refractivity contribution >= 4 is 33.9 Å². The second-order valence-corrected chi connectivity index (χ2v) is 16.1. The topological polar surface area (TPSA) is 526 Å². The van der Waals surface area contributed by atoms with Crippen molar-refractivity contribution in [2.24, 2.45) is 11.5 Å². The third kappa shape index (κ3) is 897. The van der Waals surface area contributed by atoms with Gasteiger partial charge in [0.05, 0.1) is 99.2 Å². The predicted molar refractivity (Wildman–Crippen MR) is 698 cm³/mol. The fourth-order valence-electron chi connectivity index (χ4n) is 4.83. The fraction of sp³-hybridized carbons (Fsp3) is 0.954. The van der Waals surface area contributed by atoms with Gasteiger partial charge in [0.25, 0.3) is 0 Å². The van der Waals surface area contributed by atoms with Crippen LogP contribution in [0.5, 0.6) is 0 Å². The molecule has 40 heteroatoms. The van der Waals surface area contributed by atoms with Gasteiger partial charge in [0.15, 0.2) is 0 Å². The Bertz CT molecular complexity index is 891. The Hall–Kier alpha value is 1.26. The third-order valence-electron chi connectivity index (χ3n) is 8.07. The Balaban J connectivity index is -0.00000000573. The molecule has 0 rings (SSSR count). The molecule has 0 amide bonds. The van der Waals surface area contributed by atoms with Crippen LogP contribution in [-0.2, 0) is 174 Å². The maximum atomic E-state index is 11.7. The summed E-state index contributed by atoms with van der Waals surface area (Å²) < 4.78 is 48.9. The van der Waals surface area contributed by atoms with Crippen molar-refractivity contribution < 1.29 is 255 Å². The van der Waals surface area contributed by atoms with Crippen LogP contribution < -0.4 is 22.1 Å². The van der Waals surface area contributed by atoms with Crippen molar-refractivity contribution in [3.05, 3.63) is 0 Å². The molecule has 0 unspecified atom stereocenters. The number of nitrogens with zero attached hydrogens (tertiary/aromatic N) is 4. The molecular formula is C108H346F2N8O24W6. The van der Waals surface area contributed by atoms with Gasteiger partial charge < -0.3 is 146 Å². The van der Waals surface area contributed by atoms with E-state index < -0.39 is 13.3 Å². The number of ether oxygens (including phenoxy) is 5. The molecule has 0 aromatic heterocycles. The van der Waals surface area contributed by atoms with E-state index in [0.717, 1.165) is 97.9 Å². The number of carbonyl (C=O) groups excluding carboxylic acids is 5. The van der Waals surface area contributed by atoms with Gasteiger partial charge >= 0.3 is 0 Å². The van der Waals surface area contributed by atoms with Crippen molar-refractivity contribution in [1.29, 1.82) is 0 Å². The average molecular weight is 3280 g/mol. The van der Waals surface area contributed by atoms with Crippen molar-refractivity contribution in [1.82, 2.24) is 30.2 Å². The number of aliphatic hydroxyl groups excluding tert-OH is 12. The molecular weight excluding hydrogens is 2930 g/mol. The molecule has 0 aromatic carbocycles. The van der Waals surface area contributed by atoms with Gasteiger partial charge in [0, 0.05) is 199 Å². The van der Waals surface area contributed by atoms with Crippen LogP contribution >= 0.6 is 0 Å². The number of carbonyl (C=O) groups is 5. The van der Waals surface area contributed by atoms with Crippen LogP contribution in [0, 0.1) is 0 Å². The predicted octanol–water partition coefficient (Wildman–Crippen LogP) is 28.4. The normalized spacial score (nSPS) is 5.57. The maximum absolute atomic E-state index is 11.7. The quantitative estimate of drug-likeness (QED) is 0.0199. The number of halogens is 2. The zero-order valence-corrected chi connectivity index (χ0v) is 78.6. The van der Waals surface area contributed by atoms with Gasteiger partial charge in [-0.25, -0.2) is 8.78 Å². The number of rotatable bonds is 46. The van der Waals surface area contributed by atoms with Crippen molar-refractivity contribution in [3.8, 4) is 0 Å². The monoisotopic (exact) mass is 3280 g/mol. The summed E-state index contributed by atoms with van der Waals surface area (Å²) in [6, 6.07) is 0. The van der Waals surface area contributed by atoms with Crippen LogP contribution in [0.1, 0.15) is 478 Å². The van der Waals surface area contributed by atoms with Crippen LogP contribution in [0.25, 0.3) is 0 Å². The number of nitrogens with two attached hydrogens (primary N) is 2. The van der Waals surface area contributed by atoms with E-state index in [0.29, 0.717) is 66.1 Å². The third-order valence-corrected chi connectivity index (χ3v) is 8.07. The first kappa shape index (κ1) is 564. The molecule has 0 spiro atoms. The summed E-state index contributed by atoms with van der Waals surface area (Å²) in [5, 5.41) is 103. The minimum atomic E-state index is -0.543. The Morgan fingerprint density at radius 1 is 0.203 bits per heavy atom. The molecule has 0 aliphatic rings. The molecule has 0 aliphatic carbocycles. The first-order valence-corrected chi connectivity index (χ1v) is 30.3. The molecule has 0 radical (unpaired) electrons. The first-order valence-electron chi connectivity index (χ1n) is 30.3. The number of alkyl halides is 2. The van der Waals surface area contributed by atoms with Gasteiger partial charge in [-0.15, -0.1) is 0 Å². The fourth-order valence-corrected chi connectivity index (χ4v) is 4.83. The van der Waals surface area contributed by atoms with Crippen molar-refractivity contribution in [3.63, 3.8) is 0 Å². The zero-order chi connectivity index (χ0) is 73.1. The molecule has 1012 valence electrons. The SMILES string of the molecule is C.C.C.C.C.C.C.C.C.C.C.C.C.C.C.C.C.C.C.C.C.C.C.C.C.C.C.C.C.C.C.C.C.C.C.C.C.C.C.C.C.C.C.C.C.C.C.C.C.C.C=O.C=O.C=O.C=O.C=O.CCCN(CCC)CCO.CCCN(CCC)CCO.CCCNCCO.CCCOCN(CCO)COCCC.CCCOCNCCO.NCCO.NCCO.O.O.OCCN(COCCF)COCCF.OCCO.OCCO.[W].[W].[W].[W].[W].[W]. The molecule has 0 saturated heterocycles. The van der Waals surface area contributed by atoms with Crippen LogP contribution in [0.3, 0.4) is 0 Å². The number of aliphatic hydroxyl groups is 12. The number of hydrogen-bond acceptors (Lipinski definition) is 30. The Morgan fingerprint density at radius 2 is 0.351 bits per heavy atom. The van der Waals surface area contributed by atoms with Gasteiger partial charge in [-0.3, -0.25) is 15.1 Å². The van der Waals surface area contributed by atoms with E-state index in [2.05, 4.69) is 75.8 Å². The van der Waals surface area contributed by atoms with Crippen LogP contribution in [0.4, 0.5) is 8.78 Å². The van der Waals surface area contributed by atoms with Gasteiger partial charge in [0.2, 0.25) is 0 Å². The van der Waals surface area contributed by atoms with E-state index in [-0.39, 0.29) is 601 Å². The van der Waals surface area contributed by atoms with Crippen LogP contribution in [-0.4, -0.2) is 370 Å². The molecule has 0 fully saturated rings. The van der Waals surface area contributed by atoms with Gasteiger partial charge in [-0.05, 0) is 84.1 Å². The van der Waals surface area contributed by atoms with Crippen molar-refractivity contribution in [2.45, 2.75) is 478 Å². The molecule has 0 atom stereocenters. The van der Waals surface area contributed by atoms with E-state index >= 15 is 0 Å². The molecule has 0 bridgehead atoms. The molecule has 0 aliphatic heterocycles. The standard InChI is InChI=1S/C10H23NO3.C8H17F2NO3.2C8H19NO.C6H15NO2.C5H13NO.2C2H7NO.2C2H6O2.5CH2O.50CH4.2H2O.6W/c1-3-7-13-9-11(5-6-12)10-14-8-4-2;9-1-5-13-7-11(3-4-12)8-14-6-2-10;2*1-3-5-9(6-4-2)7-8-10;1-2-5-9-6-7-3-4-8;1-2-3-6-4-5-7;4*3-1-2-4;5*1-2;;;;;;;;;;;;;;;;;;;;;;;;;;;;;;;;;;;;;;;;;;;;;;;;;;;;;;;;;;/h12H,3-10H2,1-2H3;12H,1-8H2;2*10H,3-8H2,1-2H3;7-8H,2-6H2,1H3;6-7H,2-5H2,1H3;2*4H,1-3H2;2*3-4H,1-2H2;5*1H2;50*1H4;2*1H2;;;;;;. The van der Waals surface area contributed by atoms with Crippen LogP contribution in [0.2, 0.25) is 0 Å². The summed E-state index contributed by atoms with van der Waals surface area (Å²) in [6.07, 6.45) is 8.94.